The number of carbonyl (C=O) groups is 1. The van der Waals surface area contributed by atoms with E-state index in [1.54, 1.807) is 11.3 Å². The standard InChI is InChI=1S/C16H19NOS/c1-17(11-9-14-5-3-2-4-6-14)16(18)8-7-15-10-12-19-13-15/h2-6,10,12-13H,7-9,11H2,1H3. The number of benzene rings is 1. The van der Waals surface area contributed by atoms with Crippen molar-refractivity contribution in [1.82, 2.24) is 4.90 Å². The zero-order valence-corrected chi connectivity index (χ0v) is 12.0. The highest BCUT2D eigenvalue weighted by molar-refractivity contribution is 7.07. The fourth-order valence-electron chi connectivity index (χ4n) is 1.94. The Hall–Kier alpha value is -1.61. The molecule has 0 spiro atoms. The van der Waals surface area contributed by atoms with Gasteiger partial charge < -0.3 is 4.90 Å². The predicted octanol–water partition coefficient (Wildman–Crippen LogP) is 3.38. The number of hydrogen-bond acceptors (Lipinski definition) is 2. The van der Waals surface area contributed by atoms with E-state index in [4.69, 9.17) is 0 Å². The maximum Gasteiger partial charge on any atom is 0.222 e. The van der Waals surface area contributed by atoms with Crippen molar-refractivity contribution in [3.8, 4) is 0 Å². The molecule has 2 nitrogen and oxygen atoms in total. The van der Waals surface area contributed by atoms with Crippen LogP contribution in [0.5, 0.6) is 0 Å². The van der Waals surface area contributed by atoms with Gasteiger partial charge in [-0.3, -0.25) is 4.79 Å². The molecule has 100 valence electrons. The summed E-state index contributed by atoms with van der Waals surface area (Å²) in [7, 11) is 1.89. The molecule has 0 fully saturated rings. The summed E-state index contributed by atoms with van der Waals surface area (Å²) >= 11 is 1.68. The third-order valence-corrected chi connectivity index (χ3v) is 3.94. The largest absolute Gasteiger partial charge is 0.345 e. The molecule has 0 aliphatic carbocycles. The maximum atomic E-state index is 12.0. The van der Waals surface area contributed by atoms with Crippen LogP contribution in [0.1, 0.15) is 17.5 Å². The van der Waals surface area contributed by atoms with Crippen molar-refractivity contribution in [3.63, 3.8) is 0 Å². The van der Waals surface area contributed by atoms with E-state index in [1.807, 2.05) is 30.1 Å². The molecule has 0 unspecified atom stereocenters. The Kier molecular flexibility index (Phi) is 5.16. The Labute approximate surface area is 118 Å². The number of amides is 1. The summed E-state index contributed by atoms with van der Waals surface area (Å²) in [6.45, 7) is 0.784. The molecular weight excluding hydrogens is 254 g/mol. The second-order valence-corrected chi connectivity index (χ2v) is 5.46. The Bertz CT molecular complexity index is 493. The van der Waals surface area contributed by atoms with Crippen molar-refractivity contribution in [2.75, 3.05) is 13.6 Å². The summed E-state index contributed by atoms with van der Waals surface area (Å²) < 4.78 is 0. The zero-order valence-electron chi connectivity index (χ0n) is 11.2. The Morgan fingerprint density at radius 1 is 1.11 bits per heavy atom. The van der Waals surface area contributed by atoms with Gasteiger partial charge in [-0.15, -0.1) is 0 Å². The molecule has 1 aromatic heterocycles. The first-order valence-electron chi connectivity index (χ1n) is 6.54. The van der Waals surface area contributed by atoms with E-state index in [-0.39, 0.29) is 5.91 Å². The average Bonchev–Trinajstić information content (AvgIpc) is 2.96. The monoisotopic (exact) mass is 273 g/mol. The molecule has 0 radical (unpaired) electrons. The molecule has 0 aliphatic rings. The fraction of sp³-hybridized carbons (Fsp3) is 0.312. The van der Waals surface area contributed by atoms with Gasteiger partial charge in [0.25, 0.3) is 0 Å². The average molecular weight is 273 g/mol. The minimum atomic E-state index is 0.224. The molecule has 0 saturated heterocycles. The normalized spacial score (nSPS) is 10.4. The molecule has 1 aromatic carbocycles. The smallest absolute Gasteiger partial charge is 0.222 e. The summed E-state index contributed by atoms with van der Waals surface area (Å²) in [4.78, 5) is 13.8. The molecule has 1 amide bonds. The third-order valence-electron chi connectivity index (χ3n) is 3.21. The third kappa shape index (κ3) is 4.52. The van der Waals surface area contributed by atoms with E-state index < -0.39 is 0 Å². The summed E-state index contributed by atoms with van der Waals surface area (Å²) in [5.41, 5.74) is 2.54. The molecule has 0 atom stereocenters. The molecule has 0 saturated carbocycles. The van der Waals surface area contributed by atoms with Gasteiger partial charge in [0.2, 0.25) is 5.91 Å². The first kappa shape index (κ1) is 13.8. The SMILES string of the molecule is CN(CCc1ccccc1)C(=O)CCc1ccsc1. The quantitative estimate of drug-likeness (QED) is 0.790. The van der Waals surface area contributed by atoms with Crippen LogP contribution in [0.3, 0.4) is 0 Å². The highest BCUT2D eigenvalue weighted by atomic mass is 32.1. The maximum absolute atomic E-state index is 12.0. The molecule has 3 heteroatoms. The van der Waals surface area contributed by atoms with E-state index >= 15 is 0 Å². The number of aryl methyl sites for hydroxylation is 1. The van der Waals surface area contributed by atoms with Crippen LogP contribution in [0, 0.1) is 0 Å². The fourth-order valence-corrected chi connectivity index (χ4v) is 2.65. The summed E-state index contributed by atoms with van der Waals surface area (Å²) in [5.74, 6) is 0.224. The molecule has 1 heterocycles. The van der Waals surface area contributed by atoms with Gasteiger partial charge in [0.1, 0.15) is 0 Å². The lowest BCUT2D eigenvalue weighted by atomic mass is 10.1. The van der Waals surface area contributed by atoms with Crippen LogP contribution in [0.25, 0.3) is 0 Å². The number of nitrogens with zero attached hydrogens (tertiary/aromatic N) is 1. The number of thiophene rings is 1. The molecule has 0 N–H and O–H groups in total. The summed E-state index contributed by atoms with van der Waals surface area (Å²) in [5, 5.41) is 4.16. The van der Waals surface area contributed by atoms with Gasteiger partial charge in [-0.25, -0.2) is 0 Å². The number of hydrogen-bond donors (Lipinski definition) is 0. The molecule has 2 rings (SSSR count). The number of likely N-dealkylation sites (N-methyl/N-ethyl adjacent to an activating group) is 1. The van der Waals surface area contributed by atoms with Gasteiger partial charge in [0.05, 0.1) is 0 Å². The van der Waals surface area contributed by atoms with Crippen LogP contribution in [0.4, 0.5) is 0 Å². The van der Waals surface area contributed by atoms with Gasteiger partial charge in [0, 0.05) is 20.0 Å². The lowest BCUT2D eigenvalue weighted by Gasteiger charge is -2.17. The molecule has 2 aromatic rings. The highest BCUT2D eigenvalue weighted by Crippen LogP contribution is 2.09. The van der Waals surface area contributed by atoms with Crippen molar-refractivity contribution in [1.29, 1.82) is 0 Å². The minimum absolute atomic E-state index is 0.224. The second kappa shape index (κ2) is 7.10. The Morgan fingerprint density at radius 3 is 2.58 bits per heavy atom. The second-order valence-electron chi connectivity index (χ2n) is 4.68. The predicted molar refractivity (Wildman–Crippen MR) is 80.4 cm³/mol. The van der Waals surface area contributed by atoms with Gasteiger partial charge in [-0.1, -0.05) is 30.3 Å². The van der Waals surface area contributed by atoms with E-state index in [2.05, 4.69) is 29.0 Å². The van der Waals surface area contributed by atoms with Crippen LogP contribution < -0.4 is 0 Å². The number of carbonyl (C=O) groups excluding carboxylic acids is 1. The van der Waals surface area contributed by atoms with Crippen molar-refractivity contribution < 1.29 is 4.79 Å². The van der Waals surface area contributed by atoms with Gasteiger partial charge >= 0.3 is 0 Å². The van der Waals surface area contributed by atoms with Crippen molar-refractivity contribution in [2.24, 2.45) is 0 Å². The van der Waals surface area contributed by atoms with Crippen LogP contribution in [0.15, 0.2) is 47.2 Å². The first-order chi connectivity index (χ1) is 9.25. The number of rotatable bonds is 6. The lowest BCUT2D eigenvalue weighted by molar-refractivity contribution is -0.129. The Balaban J connectivity index is 1.73. The first-order valence-corrected chi connectivity index (χ1v) is 7.49. The van der Waals surface area contributed by atoms with Crippen molar-refractivity contribution >= 4 is 17.2 Å². The minimum Gasteiger partial charge on any atom is -0.345 e. The molecule has 19 heavy (non-hydrogen) atoms. The highest BCUT2D eigenvalue weighted by Gasteiger charge is 2.08. The summed E-state index contributed by atoms with van der Waals surface area (Å²) in [6.07, 6.45) is 2.36. The topological polar surface area (TPSA) is 20.3 Å². The molecule has 0 bridgehead atoms. The van der Waals surface area contributed by atoms with E-state index in [9.17, 15) is 4.79 Å². The summed E-state index contributed by atoms with van der Waals surface area (Å²) in [6, 6.07) is 12.4. The lowest BCUT2D eigenvalue weighted by Crippen LogP contribution is -2.28. The van der Waals surface area contributed by atoms with Crippen LogP contribution in [0.2, 0.25) is 0 Å². The molecular formula is C16H19NOS. The zero-order chi connectivity index (χ0) is 13.5. The van der Waals surface area contributed by atoms with Gasteiger partial charge in [-0.05, 0) is 40.8 Å². The van der Waals surface area contributed by atoms with E-state index in [1.165, 1.54) is 11.1 Å². The van der Waals surface area contributed by atoms with Crippen LogP contribution >= 0.6 is 11.3 Å². The molecule has 0 aliphatic heterocycles. The van der Waals surface area contributed by atoms with Crippen molar-refractivity contribution in [2.45, 2.75) is 19.3 Å². The Morgan fingerprint density at radius 2 is 1.89 bits per heavy atom. The van der Waals surface area contributed by atoms with Crippen molar-refractivity contribution in [3.05, 3.63) is 58.3 Å². The van der Waals surface area contributed by atoms with Crippen LogP contribution in [-0.2, 0) is 17.6 Å². The van der Waals surface area contributed by atoms with E-state index in [0.717, 1.165) is 19.4 Å². The van der Waals surface area contributed by atoms with E-state index in [0.29, 0.717) is 6.42 Å². The van der Waals surface area contributed by atoms with Gasteiger partial charge in [-0.2, -0.15) is 11.3 Å². The van der Waals surface area contributed by atoms with Crippen LogP contribution in [-0.4, -0.2) is 24.4 Å². The van der Waals surface area contributed by atoms with Gasteiger partial charge in [0.15, 0.2) is 0 Å².